The number of nitrogens with one attached hydrogen (secondary N) is 1. The van der Waals surface area contributed by atoms with E-state index in [0.717, 1.165) is 38.6 Å². The second-order valence-corrected chi connectivity index (χ2v) is 5.50. The van der Waals surface area contributed by atoms with Crippen LogP contribution in [-0.4, -0.2) is 23.2 Å². The van der Waals surface area contributed by atoms with Crippen LogP contribution in [0.3, 0.4) is 0 Å². The number of carbonyl (C=O) groups is 1. The average Bonchev–Trinajstić information content (AvgIpc) is 2.46. The molecular weight excluding hydrogens is 238 g/mol. The van der Waals surface area contributed by atoms with Crippen molar-refractivity contribution in [1.29, 1.82) is 0 Å². The van der Waals surface area contributed by atoms with Gasteiger partial charge in [-0.3, -0.25) is 4.79 Å². The Balaban J connectivity index is 2.02. The molecule has 0 spiro atoms. The molecule has 2 rings (SSSR count). The first kappa shape index (κ1) is 14.1. The van der Waals surface area contributed by atoms with E-state index in [1.54, 1.807) is 0 Å². The van der Waals surface area contributed by atoms with Crippen LogP contribution in [0.2, 0.25) is 0 Å². The van der Waals surface area contributed by atoms with Gasteiger partial charge < -0.3 is 10.4 Å². The minimum Gasteiger partial charge on any atom is -0.480 e. The fraction of sp³-hybridized carbons (Fsp3) is 0.562. The summed E-state index contributed by atoms with van der Waals surface area (Å²) >= 11 is 0. The van der Waals surface area contributed by atoms with Gasteiger partial charge in [0.05, 0.1) is 0 Å². The quantitative estimate of drug-likeness (QED) is 0.856. The molecule has 104 valence electrons. The van der Waals surface area contributed by atoms with E-state index in [0.29, 0.717) is 5.92 Å². The third-order valence-electron chi connectivity index (χ3n) is 4.23. The van der Waals surface area contributed by atoms with Crippen molar-refractivity contribution in [3.63, 3.8) is 0 Å². The molecule has 3 heteroatoms. The molecule has 2 N–H and O–H groups in total. The van der Waals surface area contributed by atoms with Crippen molar-refractivity contribution in [2.24, 2.45) is 0 Å². The topological polar surface area (TPSA) is 49.3 Å². The SMILES string of the molecule is CCCNC1(C(=O)O)CCC(c2ccccc2)CC1. The number of hydrogen-bond acceptors (Lipinski definition) is 2. The van der Waals surface area contributed by atoms with Gasteiger partial charge in [-0.1, -0.05) is 37.3 Å². The molecule has 0 bridgehead atoms. The lowest BCUT2D eigenvalue weighted by molar-refractivity contribution is -0.146. The molecular formula is C16H23NO2. The second kappa shape index (κ2) is 6.20. The highest BCUT2D eigenvalue weighted by Crippen LogP contribution is 2.38. The summed E-state index contributed by atoms with van der Waals surface area (Å²) in [6.07, 6.45) is 4.32. The van der Waals surface area contributed by atoms with E-state index in [4.69, 9.17) is 0 Å². The van der Waals surface area contributed by atoms with Gasteiger partial charge >= 0.3 is 5.97 Å². The zero-order valence-corrected chi connectivity index (χ0v) is 11.6. The Morgan fingerprint density at radius 1 is 1.32 bits per heavy atom. The summed E-state index contributed by atoms with van der Waals surface area (Å²) in [4.78, 5) is 11.6. The lowest BCUT2D eigenvalue weighted by Gasteiger charge is -2.37. The summed E-state index contributed by atoms with van der Waals surface area (Å²) in [5.74, 6) is -0.176. The van der Waals surface area contributed by atoms with Crippen LogP contribution in [0.25, 0.3) is 0 Å². The van der Waals surface area contributed by atoms with E-state index in [-0.39, 0.29) is 0 Å². The smallest absolute Gasteiger partial charge is 0.323 e. The van der Waals surface area contributed by atoms with Gasteiger partial charge in [0.25, 0.3) is 0 Å². The van der Waals surface area contributed by atoms with Crippen LogP contribution >= 0.6 is 0 Å². The number of rotatable bonds is 5. The molecule has 0 aliphatic heterocycles. The third-order valence-corrected chi connectivity index (χ3v) is 4.23. The van der Waals surface area contributed by atoms with Gasteiger partial charge in [0.2, 0.25) is 0 Å². The molecule has 0 radical (unpaired) electrons. The molecule has 1 fully saturated rings. The van der Waals surface area contributed by atoms with Crippen LogP contribution in [0.4, 0.5) is 0 Å². The zero-order valence-electron chi connectivity index (χ0n) is 11.6. The highest BCUT2D eigenvalue weighted by molar-refractivity contribution is 5.79. The normalized spacial score (nSPS) is 27.1. The number of aliphatic carboxylic acids is 1. The van der Waals surface area contributed by atoms with Crippen LogP contribution < -0.4 is 5.32 Å². The van der Waals surface area contributed by atoms with E-state index in [1.807, 2.05) is 6.07 Å². The Morgan fingerprint density at radius 2 is 1.95 bits per heavy atom. The van der Waals surface area contributed by atoms with Gasteiger partial charge in [-0.25, -0.2) is 0 Å². The summed E-state index contributed by atoms with van der Waals surface area (Å²) < 4.78 is 0. The van der Waals surface area contributed by atoms with Crippen LogP contribution in [0.15, 0.2) is 30.3 Å². The first-order valence-corrected chi connectivity index (χ1v) is 7.21. The molecule has 1 aromatic rings. The van der Waals surface area contributed by atoms with Crippen molar-refractivity contribution in [3.05, 3.63) is 35.9 Å². The van der Waals surface area contributed by atoms with E-state index in [2.05, 4.69) is 36.5 Å². The molecule has 1 aliphatic carbocycles. The Kier molecular flexibility index (Phi) is 4.59. The molecule has 3 nitrogen and oxygen atoms in total. The second-order valence-electron chi connectivity index (χ2n) is 5.50. The van der Waals surface area contributed by atoms with E-state index in [9.17, 15) is 9.90 Å². The fourth-order valence-corrected chi connectivity index (χ4v) is 3.00. The third kappa shape index (κ3) is 3.16. The van der Waals surface area contributed by atoms with E-state index < -0.39 is 11.5 Å². The molecule has 19 heavy (non-hydrogen) atoms. The molecule has 0 heterocycles. The summed E-state index contributed by atoms with van der Waals surface area (Å²) in [5.41, 5.74) is 0.651. The van der Waals surface area contributed by atoms with Crippen LogP contribution in [0, 0.1) is 0 Å². The van der Waals surface area contributed by atoms with E-state index >= 15 is 0 Å². The number of carboxylic acids is 1. The molecule has 0 atom stereocenters. The standard InChI is InChI=1S/C16H23NO2/c1-2-12-17-16(15(18)19)10-8-14(9-11-16)13-6-4-3-5-7-13/h3-7,14,17H,2,8-12H2,1H3,(H,18,19). The maximum Gasteiger partial charge on any atom is 0.323 e. The average molecular weight is 261 g/mol. The number of carboxylic acid groups (broad SMARTS) is 1. The van der Waals surface area contributed by atoms with Crippen molar-refractivity contribution in [2.45, 2.75) is 50.5 Å². The Labute approximate surface area is 115 Å². The van der Waals surface area contributed by atoms with Crippen molar-refractivity contribution in [3.8, 4) is 0 Å². The maximum atomic E-state index is 11.6. The summed E-state index contributed by atoms with van der Waals surface area (Å²) in [7, 11) is 0. The van der Waals surface area contributed by atoms with Gasteiger partial charge in [-0.15, -0.1) is 0 Å². The van der Waals surface area contributed by atoms with Crippen molar-refractivity contribution >= 4 is 5.97 Å². The zero-order chi connectivity index (χ0) is 13.7. The van der Waals surface area contributed by atoms with Crippen LogP contribution in [0.1, 0.15) is 50.5 Å². The molecule has 1 aromatic carbocycles. The molecule has 0 unspecified atom stereocenters. The Hall–Kier alpha value is -1.35. The summed E-state index contributed by atoms with van der Waals surface area (Å²) in [6.45, 7) is 2.85. The first-order chi connectivity index (χ1) is 9.18. The fourth-order valence-electron chi connectivity index (χ4n) is 3.00. The van der Waals surface area contributed by atoms with Crippen molar-refractivity contribution in [2.75, 3.05) is 6.54 Å². The number of hydrogen-bond donors (Lipinski definition) is 2. The van der Waals surface area contributed by atoms with Gasteiger partial charge in [0.15, 0.2) is 0 Å². The van der Waals surface area contributed by atoms with Gasteiger partial charge in [-0.2, -0.15) is 0 Å². The minimum atomic E-state index is -0.693. The first-order valence-electron chi connectivity index (χ1n) is 7.21. The molecule has 0 aromatic heterocycles. The number of benzene rings is 1. The molecule has 1 aliphatic rings. The monoisotopic (exact) mass is 261 g/mol. The molecule has 1 saturated carbocycles. The van der Waals surface area contributed by atoms with Crippen molar-refractivity contribution in [1.82, 2.24) is 5.32 Å². The Bertz CT molecular complexity index is 408. The predicted octanol–water partition coefficient (Wildman–Crippen LogP) is 3.17. The van der Waals surface area contributed by atoms with Gasteiger partial charge in [0, 0.05) is 0 Å². The lowest BCUT2D eigenvalue weighted by atomic mass is 9.74. The lowest BCUT2D eigenvalue weighted by Crippen LogP contribution is -2.54. The van der Waals surface area contributed by atoms with Crippen molar-refractivity contribution < 1.29 is 9.90 Å². The van der Waals surface area contributed by atoms with Crippen LogP contribution in [-0.2, 0) is 4.79 Å². The van der Waals surface area contributed by atoms with Crippen LogP contribution in [0.5, 0.6) is 0 Å². The van der Waals surface area contributed by atoms with Gasteiger partial charge in [-0.05, 0) is 50.1 Å². The van der Waals surface area contributed by atoms with E-state index in [1.165, 1.54) is 5.56 Å². The highest BCUT2D eigenvalue weighted by Gasteiger charge is 2.41. The molecule has 0 saturated heterocycles. The Morgan fingerprint density at radius 3 is 2.47 bits per heavy atom. The maximum absolute atomic E-state index is 11.6. The summed E-state index contributed by atoms with van der Waals surface area (Å²) in [6, 6.07) is 10.4. The highest BCUT2D eigenvalue weighted by atomic mass is 16.4. The summed E-state index contributed by atoms with van der Waals surface area (Å²) in [5, 5.41) is 12.8. The van der Waals surface area contributed by atoms with Gasteiger partial charge in [0.1, 0.15) is 5.54 Å². The minimum absolute atomic E-state index is 0.511. The predicted molar refractivity (Wildman–Crippen MR) is 76.3 cm³/mol. The largest absolute Gasteiger partial charge is 0.480 e. The molecule has 0 amide bonds.